The van der Waals surface area contributed by atoms with Gasteiger partial charge in [-0.15, -0.1) is 0 Å². The van der Waals surface area contributed by atoms with Gasteiger partial charge in [0.2, 0.25) is 0 Å². The van der Waals surface area contributed by atoms with Gasteiger partial charge in [0.1, 0.15) is 5.75 Å². The minimum absolute atomic E-state index is 0.0269. The Hall–Kier alpha value is -1.84. The second kappa shape index (κ2) is 7.48. The van der Waals surface area contributed by atoms with E-state index in [0.29, 0.717) is 11.7 Å². The Morgan fingerprint density at radius 1 is 1.39 bits per heavy atom. The third kappa shape index (κ3) is 5.48. The van der Waals surface area contributed by atoms with E-state index in [4.69, 9.17) is 4.74 Å². The molecular formula is C14H20N2O2. The molecule has 0 saturated heterocycles. The molecule has 4 nitrogen and oxygen atoms in total. The van der Waals surface area contributed by atoms with E-state index in [-0.39, 0.29) is 12.5 Å². The van der Waals surface area contributed by atoms with Crippen molar-refractivity contribution < 1.29 is 9.53 Å². The largest absolute Gasteiger partial charge is 0.484 e. The molecule has 0 unspecified atom stereocenters. The number of carbonyl (C=O) groups excluding carboxylic acids is 1. The molecule has 1 rings (SSSR count). The van der Waals surface area contributed by atoms with Crippen LogP contribution < -0.4 is 10.2 Å². The van der Waals surface area contributed by atoms with Crippen molar-refractivity contribution >= 4 is 12.1 Å². The number of rotatable bonds is 6. The van der Waals surface area contributed by atoms with Gasteiger partial charge < -0.3 is 4.74 Å². The summed E-state index contributed by atoms with van der Waals surface area (Å²) >= 11 is 0. The fourth-order valence-electron chi connectivity index (χ4n) is 1.26. The van der Waals surface area contributed by atoms with Crippen molar-refractivity contribution in [3.8, 4) is 5.75 Å². The van der Waals surface area contributed by atoms with Gasteiger partial charge in [0.25, 0.3) is 5.91 Å². The minimum Gasteiger partial charge on any atom is -0.484 e. The van der Waals surface area contributed by atoms with E-state index < -0.39 is 0 Å². The second-order valence-corrected chi connectivity index (χ2v) is 4.34. The molecule has 4 heteroatoms. The molecule has 0 aliphatic rings. The van der Waals surface area contributed by atoms with Crippen LogP contribution in [0.3, 0.4) is 0 Å². The fraction of sp³-hybridized carbons (Fsp3) is 0.429. The van der Waals surface area contributed by atoms with Crippen LogP contribution >= 0.6 is 0 Å². The average molecular weight is 248 g/mol. The molecule has 0 heterocycles. The van der Waals surface area contributed by atoms with Crippen LogP contribution in [0.25, 0.3) is 0 Å². The van der Waals surface area contributed by atoms with E-state index >= 15 is 0 Å². The lowest BCUT2D eigenvalue weighted by atomic mass is 10.2. The second-order valence-electron chi connectivity index (χ2n) is 4.34. The van der Waals surface area contributed by atoms with Gasteiger partial charge in [0.15, 0.2) is 6.61 Å². The van der Waals surface area contributed by atoms with Crippen molar-refractivity contribution in [1.29, 1.82) is 0 Å². The zero-order valence-electron chi connectivity index (χ0n) is 11.1. The van der Waals surface area contributed by atoms with Crippen LogP contribution in [0.1, 0.15) is 26.3 Å². The van der Waals surface area contributed by atoms with Gasteiger partial charge in [0.05, 0.1) is 0 Å². The van der Waals surface area contributed by atoms with Crippen LogP contribution in [-0.4, -0.2) is 18.7 Å². The molecule has 0 aliphatic heterocycles. The summed E-state index contributed by atoms with van der Waals surface area (Å²) in [6.45, 7) is 6.04. The molecule has 0 fully saturated rings. The van der Waals surface area contributed by atoms with Gasteiger partial charge in [-0.25, -0.2) is 5.43 Å². The summed E-state index contributed by atoms with van der Waals surface area (Å²) in [6.07, 6.45) is 2.67. The highest BCUT2D eigenvalue weighted by Crippen LogP contribution is 2.12. The first-order chi connectivity index (χ1) is 8.61. The van der Waals surface area contributed by atoms with Crippen LogP contribution in [0, 0.1) is 5.92 Å². The van der Waals surface area contributed by atoms with Crippen molar-refractivity contribution in [3.63, 3.8) is 0 Å². The van der Waals surface area contributed by atoms with E-state index in [1.165, 1.54) is 5.56 Å². The summed E-state index contributed by atoms with van der Waals surface area (Å²) < 4.78 is 5.34. The molecule has 98 valence electrons. The lowest BCUT2D eigenvalue weighted by molar-refractivity contribution is -0.123. The smallest absolute Gasteiger partial charge is 0.277 e. The van der Waals surface area contributed by atoms with Crippen molar-refractivity contribution in [2.75, 3.05) is 6.61 Å². The first-order valence-electron chi connectivity index (χ1n) is 6.15. The summed E-state index contributed by atoms with van der Waals surface area (Å²) in [5.74, 6) is 0.745. The van der Waals surface area contributed by atoms with Crippen LogP contribution in [0.5, 0.6) is 5.75 Å². The third-order valence-corrected chi connectivity index (χ3v) is 2.26. The Balaban J connectivity index is 2.33. The predicted molar refractivity (Wildman–Crippen MR) is 72.8 cm³/mol. The van der Waals surface area contributed by atoms with E-state index in [1.807, 2.05) is 38.1 Å². The number of nitrogens with zero attached hydrogens (tertiary/aromatic N) is 1. The zero-order valence-corrected chi connectivity index (χ0v) is 11.1. The number of hydrogen-bond acceptors (Lipinski definition) is 3. The van der Waals surface area contributed by atoms with Crippen LogP contribution in [-0.2, 0) is 11.2 Å². The summed E-state index contributed by atoms with van der Waals surface area (Å²) in [7, 11) is 0. The standard InChI is InChI=1S/C14H20N2O2/c1-4-12-5-7-13(8-6-12)18-10-14(17)16-15-9-11(2)3/h5-9,11H,4,10H2,1-3H3,(H,16,17)/b15-9+. The summed E-state index contributed by atoms with van der Waals surface area (Å²) in [6, 6.07) is 7.71. The number of hydrogen-bond donors (Lipinski definition) is 1. The lowest BCUT2D eigenvalue weighted by Crippen LogP contribution is -2.24. The quantitative estimate of drug-likeness (QED) is 0.620. The zero-order chi connectivity index (χ0) is 13.4. The Kier molecular flexibility index (Phi) is 5.91. The van der Waals surface area contributed by atoms with Gasteiger partial charge in [-0.1, -0.05) is 32.9 Å². The molecule has 0 spiro atoms. The average Bonchev–Trinajstić information content (AvgIpc) is 2.36. The van der Waals surface area contributed by atoms with Gasteiger partial charge in [0, 0.05) is 6.21 Å². The molecule has 0 aromatic heterocycles. The van der Waals surface area contributed by atoms with Crippen molar-refractivity contribution in [2.24, 2.45) is 11.0 Å². The van der Waals surface area contributed by atoms with Crippen molar-refractivity contribution in [3.05, 3.63) is 29.8 Å². The number of ether oxygens (including phenoxy) is 1. The molecule has 1 aromatic carbocycles. The van der Waals surface area contributed by atoms with Crippen molar-refractivity contribution in [2.45, 2.75) is 27.2 Å². The summed E-state index contributed by atoms with van der Waals surface area (Å²) in [4.78, 5) is 11.4. The number of amides is 1. The molecule has 0 radical (unpaired) electrons. The molecule has 0 saturated carbocycles. The molecule has 18 heavy (non-hydrogen) atoms. The maximum Gasteiger partial charge on any atom is 0.277 e. The predicted octanol–water partition coefficient (Wildman–Crippen LogP) is 2.39. The first-order valence-corrected chi connectivity index (χ1v) is 6.15. The number of carbonyl (C=O) groups is 1. The molecule has 0 bridgehead atoms. The van der Waals surface area contributed by atoms with Crippen LogP contribution in [0.4, 0.5) is 0 Å². The maximum atomic E-state index is 11.4. The van der Waals surface area contributed by atoms with E-state index in [1.54, 1.807) is 6.21 Å². The fourth-order valence-corrected chi connectivity index (χ4v) is 1.26. The van der Waals surface area contributed by atoms with E-state index in [2.05, 4.69) is 17.5 Å². The first kappa shape index (κ1) is 14.2. The molecule has 1 aromatic rings. The molecule has 0 atom stereocenters. The SMILES string of the molecule is CCc1ccc(OCC(=O)N/N=C/C(C)C)cc1. The lowest BCUT2D eigenvalue weighted by Gasteiger charge is -2.05. The highest BCUT2D eigenvalue weighted by Gasteiger charge is 2.01. The number of hydrazone groups is 1. The number of aryl methyl sites for hydroxylation is 1. The van der Waals surface area contributed by atoms with Gasteiger partial charge in [-0.05, 0) is 30.0 Å². The Morgan fingerprint density at radius 2 is 2.06 bits per heavy atom. The highest BCUT2D eigenvalue weighted by molar-refractivity contribution is 5.78. The molecule has 1 N–H and O–H groups in total. The van der Waals surface area contributed by atoms with Crippen LogP contribution in [0.15, 0.2) is 29.4 Å². The van der Waals surface area contributed by atoms with E-state index in [9.17, 15) is 4.79 Å². The molecule has 1 amide bonds. The Bertz CT molecular complexity index is 397. The molecule has 0 aliphatic carbocycles. The Morgan fingerprint density at radius 3 is 2.61 bits per heavy atom. The normalized spacial score (nSPS) is 10.9. The highest BCUT2D eigenvalue weighted by atomic mass is 16.5. The summed E-state index contributed by atoms with van der Waals surface area (Å²) in [5.41, 5.74) is 3.66. The van der Waals surface area contributed by atoms with E-state index in [0.717, 1.165) is 6.42 Å². The topological polar surface area (TPSA) is 50.7 Å². The number of benzene rings is 1. The third-order valence-electron chi connectivity index (χ3n) is 2.26. The Labute approximate surface area is 108 Å². The van der Waals surface area contributed by atoms with Gasteiger partial charge in [-0.3, -0.25) is 4.79 Å². The number of nitrogens with one attached hydrogen (secondary N) is 1. The monoisotopic (exact) mass is 248 g/mol. The summed E-state index contributed by atoms with van der Waals surface area (Å²) in [5, 5.41) is 3.81. The van der Waals surface area contributed by atoms with Crippen molar-refractivity contribution in [1.82, 2.24) is 5.43 Å². The minimum atomic E-state index is -0.258. The van der Waals surface area contributed by atoms with Gasteiger partial charge >= 0.3 is 0 Å². The van der Waals surface area contributed by atoms with Crippen LogP contribution in [0.2, 0.25) is 0 Å². The molecular weight excluding hydrogens is 228 g/mol. The van der Waals surface area contributed by atoms with Gasteiger partial charge in [-0.2, -0.15) is 5.10 Å². The maximum absolute atomic E-state index is 11.4.